The Morgan fingerprint density at radius 1 is 1.09 bits per heavy atom. The Labute approximate surface area is 206 Å². The summed E-state index contributed by atoms with van der Waals surface area (Å²) in [6, 6.07) is 11.9. The normalized spacial score (nSPS) is 10.6. The number of hydrogen-bond acceptors (Lipinski definition) is 7. The summed E-state index contributed by atoms with van der Waals surface area (Å²) in [6.45, 7) is 5.33. The van der Waals surface area contributed by atoms with Crippen LogP contribution in [0.25, 0.3) is 10.4 Å². The van der Waals surface area contributed by atoms with Crippen molar-refractivity contribution in [3.63, 3.8) is 0 Å². The van der Waals surface area contributed by atoms with Crippen LogP contribution in [0.3, 0.4) is 0 Å². The molecular formula is C25H25FN2O6S. The van der Waals surface area contributed by atoms with Crippen molar-refractivity contribution in [1.82, 2.24) is 0 Å². The van der Waals surface area contributed by atoms with Gasteiger partial charge in [-0.05, 0) is 49.6 Å². The molecule has 3 aromatic rings. The summed E-state index contributed by atoms with van der Waals surface area (Å²) in [5.74, 6) is -1.13. The van der Waals surface area contributed by atoms with Crippen molar-refractivity contribution in [2.24, 2.45) is 0 Å². The summed E-state index contributed by atoms with van der Waals surface area (Å²) in [5.41, 5.74) is 1.51. The van der Waals surface area contributed by atoms with Crippen LogP contribution in [0.4, 0.5) is 19.9 Å². The molecule has 0 aliphatic carbocycles. The molecule has 2 aromatic carbocycles. The van der Waals surface area contributed by atoms with Crippen molar-refractivity contribution in [2.75, 3.05) is 18.1 Å². The van der Waals surface area contributed by atoms with Gasteiger partial charge in [0.05, 0.1) is 30.2 Å². The van der Waals surface area contributed by atoms with Gasteiger partial charge in [0.25, 0.3) is 5.69 Å². The average Bonchev–Trinajstić information content (AvgIpc) is 3.18. The quantitative estimate of drug-likeness (QED) is 0.189. The molecule has 3 rings (SSSR count). The molecule has 0 bridgehead atoms. The Kier molecular flexibility index (Phi) is 8.53. The Hall–Kier alpha value is -3.79. The minimum atomic E-state index is -0.725. The number of carbonyl (C=O) groups excluding carboxylic acids is 2. The van der Waals surface area contributed by atoms with E-state index in [1.165, 1.54) is 23.1 Å². The number of esters is 1. The number of rotatable bonds is 9. The fourth-order valence-electron chi connectivity index (χ4n) is 3.43. The van der Waals surface area contributed by atoms with Crippen LogP contribution in [0, 0.1) is 22.9 Å². The van der Waals surface area contributed by atoms with Gasteiger partial charge in [-0.1, -0.05) is 25.1 Å². The maximum absolute atomic E-state index is 14.5. The third-order valence-electron chi connectivity index (χ3n) is 5.13. The van der Waals surface area contributed by atoms with E-state index in [0.717, 1.165) is 11.3 Å². The van der Waals surface area contributed by atoms with Crippen molar-refractivity contribution in [2.45, 2.75) is 33.7 Å². The third kappa shape index (κ3) is 5.83. The largest absolute Gasteiger partial charge is 0.462 e. The van der Waals surface area contributed by atoms with E-state index in [1.54, 1.807) is 44.2 Å². The number of nitro groups is 1. The number of benzene rings is 2. The highest BCUT2D eigenvalue weighted by Gasteiger charge is 2.31. The molecule has 10 heteroatoms. The minimum Gasteiger partial charge on any atom is -0.462 e. The molecule has 0 spiro atoms. The minimum absolute atomic E-state index is 0.0712. The van der Waals surface area contributed by atoms with Crippen molar-refractivity contribution in [3.8, 4) is 10.4 Å². The van der Waals surface area contributed by atoms with Crippen LogP contribution in [0.15, 0.2) is 48.5 Å². The Balaban J connectivity index is 2.16. The van der Waals surface area contributed by atoms with Crippen LogP contribution in [-0.4, -0.2) is 30.2 Å². The van der Waals surface area contributed by atoms with Crippen LogP contribution in [-0.2, 0) is 16.0 Å². The first-order chi connectivity index (χ1) is 16.8. The number of hydrogen-bond donors (Lipinski definition) is 0. The third-order valence-corrected chi connectivity index (χ3v) is 6.49. The van der Waals surface area contributed by atoms with E-state index in [2.05, 4.69) is 0 Å². The van der Waals surface area contributed by atoms with E-state index < -0.39 is 22.8 Å². The number of carbonyl (C=O) groups is 2. The summed E-state index contributed by atoms with van der Waals surface area (Å²) >= 11 is 1.13. The van der Waals surface area contributed by atoms with Crippen molar-refractivity contribution in [3.05, 3.63) is 81.2 Å². The van der Waals surface area contributed by atoms with Crippen molar-refractivity contribution in [1.29, 1.82) is 0 Å². The Bertz CT molecular complexity index is 1230. The molecule has 0 fully saturated rings. The van der Waals surface area contributed by atoms with Gasteiger partial charge in [-0.2, -0.15) is 0 Å². The van der Waals surface area contributed by atoms with Gasteiger partial charge in [-0.25, -0.2) is 14.0 Å². The first-order valence-corrected chi connectivity index (χ1v) is 11.8. The van der Waals surface area contributed by atoms with Crippen molar-refractivity contribution < 1.29 is 28.4 Å². The van der Waals surface area contributed by atoms with Gasteiger partial charge in [-0.3, -0.25) is 15.0 Å². The number of nitrogens with zero attached hydrogens (tertiary/aromatic N) is 2. The second kappa shape index (κ2) is 11.6. The summed E-state index contributed by atoms with van der Waals surface area (Å²) in [7, 11) is 0. The molecule has 8 nitrogen and oxygen atoms in total. The fraction of sp³-hybridized carbons (Fsp3) is 0.280. The van der Waals surface area contributed by atoms with Crippen LogP contribution in [0.5, 0.6) is 0 Å². The van der Waals surface area contributed by atoms with Gasteiger partial charge in [0.15, 0.2) is 0 Å². The van der Waals surface area contributed by atoms with E-state index in [-0.39, 0.29) is 41.6 Å². The maximum atomic E-state index is 14.5. The molecule has 1 amide bonds. The first-order valence-electron chi connectivity index (χ1n) is 11.0. The summed E-state index contributed by atoms with van der Waals surface area (Å²) in [5, 5.41) is 11.3. The van der Waals surface area contributed by atoms with Crippen LogP contribution < -0.4 is 4.90 Å². The van der Waals surface area contributed by atoms with Gasteiger partial charge in [0.1, 0.15) is 10.8 Å². The molecule has 1 aromatic heterocycles. The number of halogens is 1. The number of amides is 1. The van der Waals surface area contributed by atoms with Gasteiger partial charge in [0.2, 0.25) is 0 Å². The second-order valence-corrected chi connectivity index (χ2v) is 8.55. The van der Waals surface area contributed by atoms with Gasteiger partial charge in [-0.15, -0.1) is 11.3 Å². The molecule has 1 heterocycles. The van der Waals surface area contributed by atoms with E-state index in [9.17, 15) is 24.1 Å². The fourth-order valence-corrected chi connectivity index (χ4v) is 4.72. The highest BCUT2D eigenvalue weighted by Crippen LogP contribution is 2.43. The molecule has 0 saturated heterocycles. The van der Waals surface area contributed by atoms with E-state index in [1.807, 2.05) is 6.92 Å². The summed E-state index contributed by atoms with van der Waals surface area (Å²) in [4.78, 5) is 38.5. The molecule has 0 atom stereocenters. The lowest BCUT2D eigenvalue weighted by atomic mass is 10.1. The van der Waals surface area contributed by atoms with Gasteiger partial charge in [0, 0.05) is 22.6 Å². The number of ether oxygens (including phenoxy) is 2. The average molecular weight is 501 g/mol. The Morgan fingerprint density at radius 3 is 2.37 bits per heavy atom. The zero-order valence-electron chi connectivity index (χ0n) is 19.6. The van der Waals surface area contributed by atoms with Crippen LogP contribution in [0.2, 0.25) is 0 Å². The van der Waals surface area contributed by atoms with Crippen LogP contribution in [0.1, 0.15) is 41.8 Å². The van der Waals surface area contributed by atoms with E-state index in [4.69, 9.17) is 9.47 Å². The first kappa shape index (κ1) is 25.8. The van der Waals surface area contributed by atoms with Gasteiger partial charge >= 0.3 is 12.1 Å². The lowest BCUT2D eigenvalue weighted by Crippen LogP contribution is -2.32. The number of non-ortho nitro benzene ring substituents is 1. The molecule has 0 saturated carbocycles. The molecule has 0 aliphatic heterocycles. The second-order valence-electron chi connectivity index (χ2n) is 7.55. The number of anilines is 1. The predicted octanol–water partition coefficient (Wildman–Crippen LogP) is 6.50. The smallest absolute Gasteiger partial charge is 0.415 e. The van der Waals surface area contributed by atoms with Gasteiger partial charge < -0.3 is 9.47 Å². The van der Waals surface area contributed by atoms with Crippen LogP contribution >= 0.6 is 11.3 Å². The molecular weight excluding hydrogens is 475 g/mol. The lowest BCUT2D eigenvalue weighted by Gasteiger charge is -2.22. The Morgan fingerprint density at radius 2 is 1.77 bits per heavy atom. The summed E-state index contributed by atoms with van der Waals surface area (Å²) in [6.07, 6.45) is -0.140. The molecule has 0 aliphatic rings. The molecule has 184 valence electrons. The standard InChI is InChI=1S/C25H25FN2O6S/c1-4-14-34-25(30)27(15-18-8-6-7-9-20(18)26)23-21(24(29)33-5-2)16(3)22(35-23)17-10-12-19(13-11-17)28(31)32/h6-13H,4-5,14-15H2,1-3H3. The van der Waals surface area contributed by atoms with E-state index >= 15 is 0 Å². The summed E-state index contributed by atoms with van der Waals surface area (Å²) < 4.78 is 25.1. The molecule has 0 N–H and O–H groups in total. The lowest BCUT2D eigenvalue weighted by molar-refractivity contribution is -0.384. The highest BCUT2D eigenvalue weighted by molar-refractivity contribution is 7.20. The molecule has 0 unspecified atom stereocenters. The highest BCUT2D eigenvalue weighted by atomic mass is 32.1. The monoisotopic (exact) mass is 500 g/mol. The number of nitro benzene ring substituents is 1. The van der Waals surface area contributed by atoms with Crippen molar-refractivity contribution >= 4 is 34.1 Å². The molecule has 35 heavy (non-hydrogen) atoms. The SMILES string of the molecule is CCCOC(=O)N(Cc1ccccc1F)c1sc(-c2ccc([N+](=O)[O-])cc2)c(C)c1C(=O)OCC. The zero-order chi connectivity index (χ0) is 25.5. The zero-order valence-corrected chi connectivity index (χ0v) is 20.4. The maximum Gasteiger partial charge on any atom is 0.415 e. The number of thiophene rings is 1. The topological polar surface area (TPSA) is 99.0 Å². The van der Waals surface area contributed by atoms with E-state index in [0.29, 0.717) is 22.4 Å². The molecule has 0 radical (unpaired) electrons. The predicted molar refractivity (Wildman–Crippen MR) is 131 cm³/mol.